The minimum absolute atomic E-state index is 0.0607. The standard InChI is InChI=1S/C13H26NO5P/c1-6-10-14-12(11(5)13(15)17-7-2)20(16,18-8-3)19-9-4/h12,14H,5-10H2,1-4H3. The topological polar surface area (TPSA) is 73.9 Å². The van der Waals surface area contributed by atoms with Crippen LogP contribution < -0.4 is 5.32 Å². The molecular formula is C13H26NO5P. The number of ether oxygens (including phenoxy) is 1. The molecule has 6 nitrogen and oxygen atoms in total. The molecule has 0 aliphatic carbocycles. The van der Waals surface area contributed by atoms with E-state index in [1.165, 1.54) is 0 Å². The van der Waals surface area contributed by atoms with E-state index in [9.17, 15) is 9.36 Å². The van der Waals surface area contributed by atoms with E-state index in [0.29, 0.717) is 6.54 Å². The lowest BCUT2D eigenvalue weighted by Crippen LogP contribution is -2.36. The molecular weight excluding hydrogens is 281 g/mol. The number of nitrogens with one attached hydrogen (secondary N) is 1. The molecule has 7 heteroatoms. The second-order valence-corrected chi connectivity index (χ2v) is 6.09. The highest BCUT2D eigenvalue weighted by Crippen LogP contribution is 2.54. The lowest BCUT2D eigenvalue weighted by Gasteiger charge is -2.27. The van der Waals surface area contributed by atoms with Gasteiger partial charge in [-0.1, -0.05) is 13.5 Å². The van der Waals surface area contributed by atoms with Gasteiger partial charge < -0.3 is 13.8 Å². The molecule has 0 aromatic rings. The molecule has 0 heterocycles. The van der Waals surface area contributed by atoms with Crippen molar-refractivity contribution in [3.63, 3.8) is 0 Å². The van der Waals surface area contributed by atoms with Gasteiger partial charge in [0.15, 0.2) is 0 Å². The van der Waals surface area contributed by atoms with E-state index in [-0.39, 0.29) is 25.4 Å². The smallest absolute Gasteiger partial charge is 0.352 e. The van der Waals surface area contributed by atoms with Crippen LogP contribution in [-0.4, -0.2) is 38.1 Å². The van der Waals surface area contributed by atoms with Gasteiger partial charge in [0.25, 0.3) is 0 Å². The molecule has 1 unspecified atom stereocenters. The number of esters is 1. The van der Waals surface area contributed by atoms with Crippen molar-refractivity contribution in [2.45, 2.75) is 39.9 Å². The Morgan fingerprint density at radius 3 is 2.10 bits per heavy atom. The fraction of sp³-hybridized carbons (Fsp3) is 0.769. The minimum Gasteiger partial charge on any atom is -0.463 e. The Bertz CT molecular complexity index is 349. The molecule has 0 saturated carbocycles. The van der Waals surface area contributed by atoms with Crippen LogP contribution in [0.25, 0.3) is 0 Å². The summed E-state index contributed by atoms with van der Waals surface area (Å²) in [6, 6.07) is 0. The number of hydrogen-bond donors (Lipinski definition) is 1. The molecule has 1 atom stereocenters. The second-order valence-electron chi connectivity index (χ2n) is 3.98. The van der Waals surface area contributed by atoms with Gasteiger partial charge in [0.1, 0.15) is 5.78 Å². The zero-order chi connectivity index (χ0) is 15.6. The molecule has 118 valence electrons. The normalized spacial score (nSPS) is 13.0. The van der Waals surface area contributed by atoms with E-state index in [0.717, 1.165) is 6.42 Å². The third kappa shape index (κ3) is 5.75. The van der Waals surface area contributed by atoms with Gasteiger partial charge in [-0.05, 0) is 33.7 Å². The van der Waals surface area contributed by atoms with Gasteiger partial charge in [-0.15, -0.1) is 0 Å². The Morgan fingerprint density at radius 1 is 1.15 bits per heavy atom. The molecule has 0 aromatic heterocycles. The molecule has 0 rings (SSSR count). The fourth-order valence-electron chi connectivity index (χ4n) is 1.59. The summed E-state index contributed by atoms with van der Waals surface area (Å²) >= 11 is 0. The lowest BCUT2D eigenvalue weighted by atomic mass is 10.3. The molecule has 0 aromatic carbocycles. The third-order valence-corrected chi connectivity index (χ3v) is 4.75. The zero-order valence-electron chi connectivity index (χ0n) is 12.8. The van der Waals surface area contributed by atoms with Gasteiger partial charge in [-0.3, -0.25) is 9.88 Å². The highest BCUT2D eigenvalue weighted by atomic mass is 31.2. The maximum atomic E-state index is 12.8. The van der Waals surface area contributed by atoms with Gasteiger partial charge >= 0.3 is 13.6 Å². The van der Waals surface area contributed by atoms with Crippen LogP contribution in [0.2, 0.25) is 0 Å². The fourth-order valence-corrected chi connectivity index (χ4v) is 3.52. The summed E-state index contributed by atoms with van der Waals surface area (Å²) in [5, 5.41) is 3.01. The molecule has 0 bridgehead atoms. The Labute approximate surface area is 121 Å². The quantitative estimate of drug-likeness (QED) is 0.359. The van der Waals surface area contributed by atoms with Crippen molar-refractivity contribution in [2.24, 2.45) is 0 Å². The van der Waals surface area contributed by atoms with Gasteiger partial charge in [-0.2, -0.15) is 0 Å². The second kappa shape index (κ2) is 10.1. The first kappa shape index (κ1) is 19.3. The molecule has 1 N–H and O–H groups in total. The van der Waals surface area contributed by atoms with Crippen molar-refractivity contribution in [2.75, 3.05) is 26.4 Å². The molecule has 0 aliphatic rings. The molecule has 0 aliphatic heterocycles. The summed E-state index contributed by atoms with van der Waals surface area (Å²) in [4.78, 5) is 11.8. The number of hydrogen-bond acceptors (Lipinski definition) is 6. The van der Waals surface area contributed by atoms with Gasteiger partial charge in [0.05, 0.1) is 25.4 Å². The monoisotopic (exact) mass is 307 g/mol. The third-order valence-electron chi connectivity index (χ3n) is 2.39. The highest BCUT2D eigenvalue weighted by Gasteiger charge is 2.40. The first-order valence-electron chi connectivity index (χ1n) is 6.94. The van der Waals surface area contributed by atoms with Crippen LogP contribution in [0.3, 0.4) is 0 Å². The predicted octanol–water partition coefficient (Wildman–Crippen LogP) is 2.70. The zero-order valence-corrected chi connectivity index (χ0v) is 13.7. The van der Waals surface area contributed by atoms with Crippen LogP contribution in [0.5, 0.6) is 0 Å². The highest BCUT2D eigenvalue weighted by molar-refractivity contribution is 7.55. The first-order valence-corrected chi connectivity index (χ1v) is 8.55. The van der Waals surface area contributed by atoms with E-state index >= 15 is 0 Å². The van der Waals surface area contributed by atoms with Gasteiger partial charge in [0, 0.05) is 0 Å². The average Bonchev–Trinajstić information content (AvgIpc) is 2.39. The van der Waals surface area contributed by atoms with E-state index in [4.69, 9.17) is 13.8 Å². The summed E-state index contributed by atoms with van der Waals surface area (Å²) in [5.41, 5.74) is 0.0607. The van der Waals surface area contributed by atoms with E-state index in [1.807, 2.05) is 6.92 Å². The Kier molecular flexibility index (Phi) is 9.76. The average molecular weight is 307 g/mol. The van der Waals surface area contributed by atoms with Crippen LogP contribution in [0.1, 0.15) is 34.1 Å². The van der Waals surface area contributed by atoms with E-state index in [1.54, 1.807) is 20.8 Å². The van der Waals surface area contributed by atoms with Crippen molar-refractivity contribution in [1.82, 2.24) is 5.32 Å². The molecule has 0 radical (unpaired) electrons. The predicted molar refractivity (Wildman–Crippen MR) is 78.7 cm³/mol. The Morgan fingerprint density at radius 2 is 1.70 bits per heavy atom. The van der Waals surface area contributed by atoms with Crippen LogP contribution in [0, 0.1) is 0 Å². The summed E-state index contributed by atoms with van der Waals surface area (Å²) in [7, 11) is -3.50. The number of carbonyl (C=O) groups is 1. The van der Waals surface area contributed by atoms with Crippen molar-refractivity contribution < 1.29 is 23.1 Å². The van der Waals surface area contributed by atoms with Gasteiger partial charge in [0.2, 0.25) is 0 Å². The van der Waals surface area contributed by atoms with Crippen LogP contribution in [0.15, 0.2) is 12.2 Å². The molecule has 0 amide bonds. The van der Waals surface area contributed by atoms with Crippen molar-refractivity contribution in [3.8, 4) is 0 Å². The Hall–Kier alpha value is -0.680. The SMILES string of the molecule is C=C(C(=O)OCC)C(NCCC)P(=O)(OCC)OCC. The van der Waals surface area contributed by atoms with Crippen molar-refractivity contribution >= 4 is 13.6 Å². The number of rotatable bonds is 11. The van der Waals surface area contributed by atoms with Crippen LogP contribution >= 0.6 is 7.60 Å². The van der Waals surface area contributed by atoms with Crippen molar-refractivity contribution in [3.05, 3.63) is 12.2 Å². The van der Waals surface area contributed by atoms with Crippen molar-refractivity contribution in [1.29, 1.82) is 0 Å². The molecule has 20 heavy (non-hydrogen) atoms. The lowest BCUT2D eigenvalue weighted by molar-refractivity contribution is -0.138. The maximum absolute atomic E-state index is 12.8. The van der Waals surface area contributed by atoms with E-state index in [2.05, 4.69) is 11.9 Å². The molecule has 0 fully saturated rings. The summed E-state index contributed by atoms with van der Waals surface area (Å²) in [6.45, 7) is 12.0. The van der Waals surface area contributed by atoms with Crippen LogP contribution in [-0.2, 0) is 23.1 Å². The number of carbonyl (C=O) groups excluding carboxylic acids is 1. The minimum atomic E-state index is -3.50. The molecule has 0 spiro atoms. The van der Waals surface area contributed by atoms with E-state index < -0.39 is 19.3 Å². The maximum Gasteiger partial charge on any atom is 0.352 e. The Balaban J connectivity index is 5.22. The molecule has 0 saturated heterocycles. The summed E-state index contributed by atoms with van der Waals surface area (Å²) < 4.78 is 28.3. The van der Waals surface area contributed by atoms with Crippen LogP contribution in [0.4, 0.5) is 0 Å². The van der Waals surface area contributed by atoms with Gasteiger partial charge in [-0.25, -0.2) is 4.79 Å². The summed E-state index contributed by atoms with van der Waals surface area (Å²) in [5.74, 6) is -1.48. The summed E-state index contributed by atoms with van der Waals surface area (Å²) in [6.07, 6.45) is 0.810. The largest absolute Gasteiger partial charge is 0.463 e. The first-order chi connectivity index (χ1) is 9.46.